The molecule has 0 N–H and O–H groups in total. The third-order valence-electron chi connectivity index (χ3n) is 4.52. The minimum atomic E-state index is 0.643. The van der Waals surface area contributed by atoms with E-state index in [0.29, 0.717) is 5.55 Å². The van der Waals surface area contributed by atoms with Crippen LogP contribution in [0.1, 0.15) is 25.0 Å². The zero-order chi connectivity index (χ0) is 17.4. The molecule has 1 aliphatic rings. The summed E-state index contributed by atoms with van der Waals surface area (Å²) < 4.78 is 5.99. The highest BCUT2D eigenvalue weighted by Crippen LogP contribution is 2.26. The third kappa shape index (κ3) is 2.76. The van der Waals surface area contributed by atoms with Crippen LogP contribution in [0.15, 0.2) is 81.9 Å². The van der Waals surface area contributed by atoms with Gasteiger partial charge < -0.3 is 4.42 Å². The maximum Gasteiger partial charge on any atom is 0.227 e. The number of para-hydroxylation sites is 1. The van der Waals surface area contributed by atoms with Gasteiger partial charge in [-0.05, 0) is 54.3 Å². The van der Waals surface area contributed by atoms with Crippen molar-refractivity contribution in [2.45, 2.75) is 13.8 Å². The van der Waals surface area contributed by atoms with Gasteiger partial charge in [0.15, 0.2) is 0 Å². The van der Waals surface area contributed by atoms with Crippen molar-refractivity contribution in [3.8, 4) is 0 Å². The van der Waals surface area contributed by atoms with Crippen molar-refractivity contribution in [3.63, 3.8) is 0 Å². The largest absolute Gasteiger partial charge is 0.438 e. The van der Waals surface area contributed by atoms with Crippen molar-refractivity contribution >= 4 is 28.7 Å². The van der Waals surface area contributed by atoms with Crippen LogP contribution in [0.4, 0.5) is 0 Å². The molecule has 1 aliphatic heterocycles. The van der Waals surface area contributed by atoms with Gasteiger partial charge in [0.2, 0.25) is 5.55 Å². The number of rotatable bonds is 0. The Labute approximate surface area is 146 Å². The molecule has 2 heteroatoms. The van der Waals surface area contributed by atoms with E-state index in [1.807, 2.05) is 37.3 Å². The Balaban J connectivity index is 2.10. The van der Waals surface area contributed by atoms with Crippen LogP contribution in [0, 0.1) is 0 Å². The highest BCUT2D eigenvalue weighted by atomic mass is 16.3. The second kappa shape index (κ2) is 6.06. The fourth-order valence-electron chi connectivity index (χ4n) is 3.13. The second-order valence-corrected chi connectivity index (χ2v) is 6.30. The highest BCUT2D eigenvalue weighted by Gasteiger charge is 2.08. The summed E-state index contributed by atoms with van der Waals surface area (Å²) in [6, 6.07) is 16.3. The maximum atomic E-state index is 5.99. The van der Waals surface area contributed by atoms with Crippen LogP contribution in [-0.2, 0) is 0 Å². The van der Waals surface area contributed by atoms with Gasteiger partial charge in [-0.2, -0.15) is 0 Å². The second-order valence-electron chi connectivity index (χ2n) is 6.30. The van der Waals surface area contributed by atoms with E-state index < -0.39 is 0 Å². The molecule has 0 saturated heterocycles. The van der Waals surface area contributed by atoms with Crippen molar-refractivity contribution in [3.05, 3.63) is 94.4 Å². The quantitative estimate of drug-likeness (QED) is 0.579. The van der Waals surface area contributed by atoms with E-state index in [-0.39, 0.29) is 0 Å². The molecule has 122 valence electrons. The predicted octanol–water partition coefficient (Wildman–Crippen LogP) is 4.87. The molecule has 2 heterocycles. The van der Waals surface area contributed by atoms with Crippen molar-refractivity contribution in [2.75, 3.05) is 0 Å². The smallest absolute Gasteiger partial charge is 0.227 e. The molecule has 0 radical (unpaired) electrons. The fourth-order valence-corrected chi connectivity index (χ4v) is 3.13. The Bertz CT molecular complexity index is 1170. The number of benzene rings is 2. The van der Waals surface area contributed by atoms with E-state index in [1.165, 1.54) is 0 Å². The van der Waals surface area contributed by atoms with Crippen LogP contribution in [-0.4, -0.2) is 0 Å². The Morgan fingerprint density at radius 1 is 0.920 bits per heavy atom. The molecule has 25 heavy (non-hydrogen) atoms. The maximum absolute atomic E-state index is 5.99. The Kier molecular flexibility index (Phi) is 3.73. The van der Waals surface area contributed by atoms with Gasteiger partial charge in [0.1, 0.15) is 5.58 Å². The molecule has 0 atom stereocenters. The normalized spacial score (nSPS) is 21.3. The molecule has 0 fully saturated rings. The lowest BCUT2D eigenvalue weighted by Crippen LogP contribution is -2.20. The summed E-state index contributed by atoms with van der Waals surface area (Å²) in [5.41, 5.74) is 6.77. The molecule has 0 unspecified atom stereocenters. The summed E-state index contributed by atoms with van der Waals surface area (Å²) in [5, 5.41) is 2.07. The average molecular weight is 325 g/mol. The lowest BCUT2D eigenvalue weighted by atomic mass is 9.95. The number of hydrogen-bond donors (Lipinski definition) is 0. The van der Waals surface area contributed by atoms with Crippen molar-refractivity contribution in [1.29, 1.82) is 0 Å². The van der Waals surface area contributed by atoms with Gasteiger partial charge in [-0.1, -0.05) is 55.1 Å². The van der Waals surface area contributed by atoms with Crippen LogP contribution < -0.4 is 10.8 Å². The molecular formula is C23H19NO. The van der Waals surface area contributed by atoms with E-state index >= 15 is 0 Å². The van der Waals surface area contributed by atoms with Crippen molar-refractivity contribution in [1.82, 2.24) is 0 Å². The molecule has 4 rings (SSSR count). The summed E-state index contributed by atoms with van der Waals surface area (Å²) in [7, 11) is 0. The van der Waals surface area contributed by atoms with Gasteiger partial charge in [0, 0.05) is 16.3 Å². The number of allylic oxidation sites excluding steroid dienone is 4. The van der Waals surface area contributed by atoms with Gasteiger partial charge in [-0.25, -0.2) is 4.99 Å². The number of nitrogens with zero attached hydrogens (tertiary/aromatic N) is 1. The summed E-state index contributed by atoms with van der Waals surface area (Å²) >= 11 is 0. The van der Waals surface area contributed by atoms with E-state index in [2.05, 4.69) is 49.9 Å². The topological polar surface area (TPSA) is 25.5 Å². The summed E-state index contributed by atoms with van der Waals surface area (Å²) in [6.07, 6.45) is 6.25. The standard InChI is InChI=1S/C23H19NO/c1-15-12-13-21-20-10-6-7-11-22(20)25-23(21)24-16(2)14-18-8-4-5-9-19(18)17(15)3/h4-14H,3H2,1-2H3/b15-12+,16-14-,21-13-,24-23-. The van der Waals surface area contributed by atoms with Crippen molar-refractivity contribution < 1.29 is 4.42 Å². The first-order valence-corrected chi connectivity index (χ1v) is 8.35. The summed E-state index contributed by atoms with van der Waals surface area (Å²) in [6.45, 7) is 8.38. The molecule has 0 aliphatic carbocycles. The Morgan fingerprint density at radius 3 is 2.56 bits per heavy atom. The molecule has 0 amide bonds. The van der Waals surface area contributed by atoms with Gasteiger partial charge in [0.05, 0.1) is 0 Å². The predicted molar refractivity (Wildman–Crippen MR) is 104 cm³/mol. The van der Waals surface area contributed by atoms with E-state index in [1.54, 1.807) is 0 Å². The number of fused-ring (bicyclic) bond motifs is 4. The van der Waals surface area contributed by atoms with E-state index in [0.717, 1.165) is 44.2 Å². The van der Waals surface area contributed by atoms with Crippen LogP contribution in [0.25, 0.3) is 28.7 Å². The molecule has 1 aromatic heterocycles. The number of hydrogen-bond acceptors (Lipinski definition) is 2. The Morgan fingerprint density at radius 2 is 1.68 bits per heavy atom. The van der Waals surface area contributed by atoms with Crippen LogP contribution in [0.2, 0.25) is 0 Å². The van der Waals surface area contributed by atoms with E-state index in [4.69, 9.17) is 9.41 Å². The minimum Gasteiger partial charge on any atom is -0.438 e. The van der Waals surface area contributed by atoms with Crippen molar-refractivity contribution in [2.24, 2.45) is 4.99 Å². The molecule has 0 saturated carbocycles. The summed E-state index contributed by atoms with van der Waals surface area (Å²) in [4.78, 5) is 4.73. The van der Waals surface area contributed by atoms with Gasteiger partial charge in [0.25, 0.3) is 0 Å². The molecule has 2 nitrogen and oxygen atoms in total. The van der Waals surface area contributed by atoms with E-state index in [9.17, 15) is 0 Å². The van der Waals surface area contributed by atoms with Crippen LogP contribution in [0.3, 0.4) is 0 Å². The minimum absolute atomic E-state index is 0.643. The lowest BCUT2D eigenvalue weighted by Gasteiger charge is -2.10. The third-order valence-corrected chi connectivity index (χ3v) is 4.52. The fraction of sp³-hybridized carbons (Fsp3) is 0.0870. The SMILES string of the molecule is C=C1/C(C)=C/C=c2\c(oc3ccccc23)=N\C(C)=C/c2ccccc21. The van der Waals surface area contributed by atoms with Gasteiger partial charge >= 0.3 is 0 Å². The average Bonchev–Trinajstić information content (AvgIpc) is 2.95. The monoisotopic (exact) mass is 325 g/mol. The lowest BCUT2D eigenvalue weighted by molar-refractivity contribution is 0.551. The first-order chi connectivity index (χ1) is 12.1. The van der Waals surface area contributed by atoms with Gasteiger partial charge in [-0.3, -0.25) is 0 Å². The molecular weight excluding hydrogens is 306 g/mol. The zero-order valence-corrected chi connectivity index (χ0v) is 14.4. The first-order valence-electron chi connectivity index (χ1n) is 8.35. The summed E-state index contributed by atoms with van der Waals surface area (Å²) in [5.74, 6) is 0. The first kappa shape index (κ1) is 15.4. The van der Waals surface area contributed by atoms with Crippen LogP contribution >= 0.6 is 0 Å². The Hall–Kier alpha value is -3.13. The highest BCUT2D eigenvalue weighted by molar-refractivity contribution is 5.84. The van der Waals surface area contributed by atoms with Crippen LogP contribution in [0.5, 0.6) is 0 Å². The molecule has 2 aromatic carbocycles. The van der Waals surface area contributed by atoms with Gasteiger partial charge in [-0.15, -0.1) is 0 Å². The molecule has 0 bridgehead atoms. The number of furan rings is 1. The molecule has 3 aromatic rings. The molecule has 0 spiro atoms. The zero-order valence-electron chi connectivity index (χ0n) is 14.4.